The van der Waals surface area contributed by atoms with E-state index in [2.05, 4.69) is 30.2 Å². The number of nitriles is 1. The fraction of sp³-hybridized carbons (Fsp3) is 0.545. The third-order valence-electron chi connectivity index (χ3n) is 2.82. The normalized spacial score (nSPS) is 28.5. The van der Waals surface area contributed by atoms with E-state index in [0.717, 1.165) is 25.9 Å². The number of nitrogens with zero attached hydrogens (tertiary/aromatic N) is 2. The van der Waals surface area contributed by atoms with Crippen LogP contribution in [0.1, 0.15) is 12.8 Å². The second-order valence-electron chi connectivity index (χ2n) is 3.87. The highest BCUT2D eigenvalue weighted by Crippen LogP contribution is 2.30. The molecule has 0 aromatic heterocycles. The molecule has 0 N–H and O–H groups in total. The van der Waals surface area contributed by atoms with E-state index in [0.29, 0.717) is 0 Å². The predicted molar refractivity (Wildman–Crippen MR) is 52.0 cm³/mol. The summed E-state index contributed by atoms with van der Waals surface area (Å²) in [5, 5.41) is 9.01. The van der Waals surface area contributed by atoms with Crippen LogP contribution in [0.5, 0.6) is 0 Å². The number of hydrogen-bond donors (Lipinski definition) is 0. The highest BCUT2D eigenvalue weighted by atomic mass is 15.1. The first kappa shape index (κ1) is 8.52. The first-order chi connectivity index (χ1) is 6.31. The van der Waals surface area contributed by atoms with Gasteiger partial charge in [0, 0.05) is 13.1 Å². The van der Waals surface area contributed by atoms with Crippen molar-refractivity contribution in [3.63, 3.8) is 0 Å². The molecule has 0 aromatic carbocycles. The van der Waals surface area contributed by atoms with Crippen molar-refractivity contribution in [3.8, 4) is 6.07 Å². The molecule has 2 aliphatic rings. The van der Waals surface area contributed by atoms with Crippen molar-refractivity contribution in [1.82, 2.24) is 4.90 Å². The lowest BCUT2D eigenvalue weighted by molar-refractivity contribution is 0.317. The molecule has 0 saturated carbocycles. The van der Waals surface area contributed by atoms with Gasteiger partial charge in [-0.15, -0.1) is 0 Å². The van der Waals surface area contributed by atoms with Gasteiger partial charge in [0.15, 0.2) is 0 Å². The van der Waals surface area contributed by atoms with Crippen molar-refractivity contribution < 1.29 is 0 Å². The second kappa shape index (κ2) is 3.35. The molecule has 1 atom stereocenters. The van der Waals surface area contributed by atoms with Gasteiger partial charge in [-0.05, 0) is 31.0 Å². The molecule has 0 amide bonds. The van der Waals surface area contributed by atoms with Crippen molar-refractivity contribution in [1.29, 1.82) is 5.26 Å². The molecule has 1 aliphatic carbocycles. The number of hydrogen-bond acceptors (Lipinski definition) is 2. The van der Waals surface area contributed by atoms with Crippen molar-refractivity contribution >= 4 is 0 Å². The van der Waals surface area contributed by atoms with Gasteiger partial charge in [-0.2, -0.15) is 5.26 Å². The molecule has 13 heavy (non-hydrogen) atoms. The Balaban J connectivity index is 2.32. The minimum Gasteiger partial charge on any atom is -0.300 e. The van der Waals surface area contributed by atoms with E-state index in [1.165, 1.54) is 11.1 Å². The highest BCUT2D eigenvalue weighted by molar-refractivity contribution is 5.36. The molecule has 0 saturated heterocycles. The summed E-state index contributed by atoms with van der Waals surface area (Å²) in [6.07, 6.45) is 6.61. The Morgan fingerprint density at radius 3 is 3.23 bits per heavy atom. The highest BCUT2D eigenvalue weighted by Gasteiger charge is 2.25. The molecule has 1 unspecified atom stereocenters. The molecule has 1 aliphatic heterocycles. The van der Waals surface area contributed by atoms with E-state index in [1.807, 2.05) is 0 Å². The smallest absolute Gasteiger partial charge is 0.0806 e. The minimum atomic E-state index is 0.138. The molecule has 0 spiro atoms. The van der Waals surface area contributed by atoms with Crippen LogP contribution in [0.3, 0.4) is 0 Å². The largest absolute Gasteiger partial charge is 0.300 e. The topological polar surface area (TPSA) is 27.0 Å². The Bertz CT molecular complexity index is 307. The van der Waals surface area contributed by atoms with Gasteiger partial charge < -0.3 is 4.90 Å². The van der Waals surface area contributed by atoms with Crippen molar-refractivity contribution in [2.75, 3.05) is 20.1 Å². The average Bonchev–Trinajstić information content (AvgIpc) is 2.16. The SMILES string of the molecule is CN1CC2=C(CCC=C2)C(C#N)C1. The third-order valence-corrected chi connectivity index (χ3v) is 2.82. The summed E-state index contributed by atoms with van der Waals surface area (Å²) in [5.41, 5.74) is 2.77. The molecular formula is C11H14N2. The van der Waals surface area contributed by atoms with Crippen molar-refractivity contribution in [2.24, 2.45) is 5.92 Å². The van der Waals surface area contributed by atoms with Gasteiger partial charge in [-0.1, -0.05) is 12.2 Å². The molecule has 0 bridgehead atoms. The Kier molecular flexibility index (Phi) is 2.20. The fourth-order valence-electron chi connectivity index (χ4n) is 2.18. The summed E-state index contributed by atoms with van der Waals surface area (Å²) in [6.45, 7) is 1.92. The standard InChI is InChI=1S/C11H14N2/c1-13-7-9-4-2-3-5-11(9)10(6-12)8-13/h2,4,10H,3,5,7-8H2,1H3. The summed E-state index contributed by atoms with van der Waals surface area (Å²) < 4.78 is 0. The summed E-state index contributed by atoms with van der Waals surface area (Å²) in [7, 11) is 2.08. The van der Waals surface area contributed by atoms with Gasteiger partial charge in [0.05, 0.1) is 12.0 Å². The quantitative estimate of drug-likeness (QED) is 0.559. The summed E-state index contributed by atoms with van der Waals surface area (Å²) in [4.78, 5) is 2.22. The number of rotatable bonds is 0. The van der Waals surface area contributed by atoms with Crippen LogP contribution < -0.4 is 0 Å². The van der Waals surface area contributed by atoms with E-state index >= 15 is 0 Å². The molecule has 68 valence electrons. The summed E-state index contributed by atoms with van der Waals surface area (Å²) in [5.74, 6) is 0.138. The zero-order valence-corrected chi connectivity index (χ0v) is 7.95. The van der Waals surface area contributed by atoms with Gasteiger partial charge in [-0.3, -0.25) is 0 Å². The van der Waals surface area contributed by atoms with Crippen LogP contribution in [0.15, 0.2) is 23.3 Å². The minimum absolute atomic E-state index is 0.138. The molecular weight excluding hydrogens is 160 g/mol. The van der Waals surface area contributed by atoms with E-state index < -0.39 is 0 Å². The van der Waals surface area contributed by atoms with E-state index in [4.69, 9.17) is 5.26 Å². The van der Waals surface area contributed by atoms with Gasteiger partial charge in [0.25, 0.3) is 0 Å². The molecule has 1 heterocycles. The van der Waals surface area contributed by atoms with Crippen LogP contribution in [-0.2, 0) is 0 Å². The summed E-state index contributed by atoms with van der Waals surface area (Å²) >= 11 is 0. The van der Waals surface area contributed by atoms with Gasteiger partial charge >= 0.3 is 0 Å². The predicted octanol–water partition coefficient (Wildman–Crippen LogP) is 1.72. The molecule has 0 aromatic rings. The maximum Gasteiger partial charge on any atom is 0.0806 e. The number of allylic oxidation sites excluding steroid dienone is 1. The lowest BCUT2D eigenvalue weighted by Crippen LogP contribution is -2.34. The van der Waals surface area contributed by atoms with E-state index in [9.17, 15) is 0 Å². The van der Waals surface area contributed by atoms with Crippen LogP contribution in [0, 0.1) is 17.2 Å². The number of likely N-dealkylation sites (N-methyl/N-ethyl adjacent to an activating group) is 1. The van der Waals surface area contributed by atoms with E-state index in [1.54, 1.807) is 0 Å². The molecule has 2 heteroatoms. The van der Waals surface area contributed by atoms with Crippen molar-refractivity contribution in [3.05, 3.63) is 23.3 Å². The zero-order valence-electron chi connectivity index (χ0n) is 7.95. The molecule has 2 nitrogen and oxygen atoms in total. The Hall–Kier alpha value is -1.07. The van der Waals surface area contributed by atoms with Crippen LogP contribution >= 0.6 is 0 Å². The first-order valence-corrected chi connectivity index (χ1v) is 4.78. The zero-order chi connectivity index (χ0) is 9.26. The maximum absolute atomic E-state index is 9.01. The van der Waals surface area contributed by atoms with Crippen molar-refractivity contribution in [2.45, 2.75) is 12.8 Å². The first-order valence-electron chi connectivity index (χ1n) is 4.78. The van der Waals surface area contributed by atoms with Gasteiger partial charge in [-0.25, -0.2) is 0 Å². The summed E-state index contributed by atoms with van der Waals surface area (Å²) in [6, 6.07) is 2.40. The van der Waals surface area contributed by atoms with Crippen LogP contribution in [0.2, 0.25) is 0 Å². The van der Waals surface area contributed by atoms with Crippen LogP contribution in [0.25, 0.3) is 0 Å². The lowest BCUT2D eigenvalue weighted by Gasteiger charge is -2.31. The average molecular weight is 174 g/mol. The molecule has 2 rings (SSSR count). The Morgan fingerprint density at radius 1 is 1.62 bits per heavy atom. The van der Waals surface area contributed by atoms with Crippen LogP contribution in [0.4, 0.5) is 0 Å². The van der Waals surface area contributed by atoms with Gasteiger partial charge in [0.2, 0.25) is 0 Å². The maximum atomic E-state index is 9.01. The Morgan fingerprint density at radius 2 is 2.46 bits per heavy atom. The Labute approximate surface area is 79.2 Å². The second-order valence-corrected chi connectivity index (χ2v) is 3.87. The van der Waals surface area contributed by atoms with Gasteiger partial charge in [0.1, 0.15) is 0 Å². The molecule has 0 fully saturated rings. The lowest BCUT2D eigenvalue weighted by atomic mass is 9.85. The van der Waals surface area contributed by atoms with E-state index in [-0.39, 0.29) is 5.92 Å². The monoisotopic (exact) mass is 174 g/mol. The molecule has 0 radical (unpaired) electrons. The fourth-order valence-corrected chi connectivity index (χ4v) is 2.18. The van der Waals surface area contributed by atoms with Crippen LogP contribution in [-0.4, -0.2) is 25.0 Å². The third kappa shape index (κ3) is 1.52.